The number of carbonyl (C=O) groups excluding carboxylic acids is 1. The number of Topliss-reactive ketones (excluding diaryl/α,β-unsaturated/α-hetero) is 1. The Labute approximate surface area is 103 Å². The molecule has 1 aromatic rings. The standard InChI is InChI=1S/C13H17NO.ClH/c1-9-5-6-11(8-10(9)2)13(15)12-4-3-7-14-12;/h5-6,8,12,14H,3-4,7H2,1-2H3;1H. The molecule has 2 rings (SSSR count). The van der Waals surface area contributed by atoms with E-state index < -0.39 is 0 Å². The Morgan fingerprint density at radius 2 is 2.06 bits per heavy atom. The molecule has 0 aromatic heterocycles. The van der Waals surface area contributed by atoms with Gasteiger partial charge in [0.2, 0.25) is 0 Å². The van der Waals surface area contributed by atoms with Gasteiger partial charge in [0.25, 0.3) is 0 Å². The fourth-order valence-corrected chi connectivity index (χ4v) is 2.00. The van der Waals surface area contributed by atoms with Crippen molar-refractivity contribution in [3.05, 3.63) is 34.9 Å². The van der Waals surface area contributed by atoms with Crippen molar-refractivity contribution in [2.24, 2.45) is 0 Å². The van der Waals surface area contributed by atoms with Crippen molar-refractivity contribution >= 4 is 18.2 Å². The largest absolute Gasteiger partial charge is 0.307 e. The van der Waals surface area contributed by atoms with Crippen molar-refractivity contribution < 1.29 is 4.79 Å². The van der Waals surface area contributed by atoms with Crippen molar-refractivity contribution in [3.63, 3.8) is 0 Å². The molecule has 1 unspecified atom stereocenters. The molecule has 1 saturated heterocycles. The lowest BCUT2D eigenvalue weighted by atomic mass is 9.99. The van der Waals surface area contributed by atoms with Crippen LogP contribution in [0.15, 0.2) is 18.2 Å². The second-order valence-electron chi connectivity index (χ2n) is 4.31. The maximum absolute atomic E-state index is 12.0. The van der Waals surface area contributed by atoms with E-state index in [0.717, 1.165) is 24.9 Å². The number of nitrogens with one attached hydrogen (secondary N) is 1. The van der Waals surface area contributed by atoms with Gasteiger partial charge in [0.1, 0.15) is 0 Å². The molecule has 2 nitrogen and oxygen atoms in total. The van der Waals surface area contributed by atoms with Crippen LogP contribution in [-0.2, 0) is 0 Å². The average Bonchev–Trinajstić information content (AvgIpc) is 2.74. The third-order valence-electron chi connectivity index (χ3n) is 3.17. The molecular weight excluding hydrogens is 222 g/mol. The first-order valence-electron chi connectivity index (χ1n) is 5.53. The minimum Gasteiger partial charge on any atom is -0.307 e. The maximum Gasteiger partial charge on any atom is 0.179 e. The van der Waals surface area contributed by atoms with Crippen LogP contribution in [0.4, 0.5) is 0 Å². The highest BCUT2D eigenvalue weighted by Gasteiger charge is 2.23. The van der Waals surface area contributed by atoms with E-state index >= 15 is 0 Å². The van der Waals surface area contributed by atoms with Gasteiger partial charge in [-0.05, 0) is 50.4 Å². The summed E-state index contributed by atoms with van der Waals surface area (Å²) in [7, 11) is 0. The lowest BCUT2D eigenvalue weighted by Gasteiger charge is -2.10. The molecule has 1 aliphatic rings. The van der Waals surface area contributed by atoms with Gasteiger partial charge in [-0.3, -0.25) is 4.79 Å². The number of benzene rings is 1. The van der Waals surface area contributed by atoms with Gasteiger partial charge in [-0.15, -0.1) is 12.4 Å². The predicted octanol–water partition coefficient (Wildman–Crippen LogP) is 2.66. The molecule has 0 amide bonds. The summed E-state index contributed by atoms with van der Waals surface area (Å²) in [5.74, 6) is 0.246. The zero-order chi connectivity index (χ0) is 10.8. The van der Waals surface area contributed by atoms with Gasteiger partial charge in [-0.2, -0.15) is 0 Å². The summed E-state index contributed by atoms with van der Waals surface area (Å²) >= 11 is 0. The van der Waals surface area contributed by atoms with Crippen LogP contribution in [-0.4, -0.2) is 18.4 Å². The molecule has 0 bridgehead atoms. The second-order valence-corrected chi connectivity index (χ2v) is 4.31. The Balaban J connectivity index is 0.00000128. The first-order valence-corrected chi connectivity index (χ1v) is 5.53. The topological polar surface area (TPSA) is 29.1 Å². The van der Waals surface area contributed by atoms with E-state index in [2.05, 4.69) is 12.2 Å². The number of carbonyl (C=O) groups is 1. The zero-order valence-corrected chi connectivity index (χ0v) is 10.6. The van der Waals surface area contributed by atoms with Crippen LogP contribution in [0.2, 0.25) is 0 Å². The summed E-state index contributed by atoms with van der Waals surface area (Å²) in [5, 5.41) is 3.24. The molecular formula is C13H18ClNO. The summed E-state index contributed by atoms with van der Waals surface area (Å²) in [6.45, 7) is 5.09. The van der Waals surface area contributed by atoms with Gasteiger partial charge in [-0.1, -0.05) is 12.1 Å². The van der Waals surface area contributed by atoms with Gasteiger partial charge in [0.05, 0.1) is 6.04 Å². The van der Waals surface area contributed by atoms with Crippen LogP contribution in [0, 0.1) is 13.8 Å². The number of rotatable bonds is 2. The van der Waals surface area contributed by atoms with Crippen molar-refractivity contribution in [2.75, 3.05) is 6.54 Å². The minimum atomic E-state index is 0. The van der Waals surface area contributed by atoms with Crippen LogP contribution >= 0.6 is 12.4 Å². The average molecular weight is 240 g/mol. The predicted molar refractivity (Wildman–Crippen MR) is 68.5 cm³/mol. The van der Waals surface area contributed by atoms with Crippen LogP contribution in [0.3, 0.4) is 0 Å². The van der Waals surface area contributed by atoms with E-state index in [4.69, 9.17) is 0 Å². The summed E-state index contributed by atoms with van der Waals surface area (Å²) in [4.78, 5) is 12.0. The summed E-state index contributed by atoms with van der Waals surface area (Å²) in [6.07, 6.45) is 2.09. The third-order valence-corrected chi connectivity index (χ3v) is 3.17. The lowest BCUT2D eigenvalue weighted by Crippen LogP contribution is -2.30. The second kappa shape index (κ2) is 5.46. The highest BCUT2D eigenvalue weighted by molar-refractivity contribution is 6.00. The quantitative estimate of drug-likeness (QED) is 0.804. The molecule has 0 spiro atoms. The Bertz CT molecular complexity index is 384. The summed E-state index contributed by atoms with van der Waals surface area (Å²) in [5.41, 5.74) is 3.28. The normalized spacial score (nSPS) is 19.2. The minimum absolute atomic E-state index is 0. The summed E-state index contributed by atoms with van der Waals surface area (Å²) < 4.78 is 0. The Kier molecular flexibility index (Phi) is 4.51. The molecule has 3 heteroatoms. The van der Waals surface area contributed by atoms with Crippen LogP contribution in [0.5, 0.6) is 0 Å². The van der Waals surface area contributed by atoms with E-state index in [1.165, 1.54) is 11.1 Å². The molecule has 88 valence electrons. The van der Waals surface area contributed by atoms with Gasteiger partial charge in [-0.25, -0.2) is 0 Å². The van der Waals surface area contributed by atoms with E-state index in [1.54, 1.807) is 0 Å². The fourth-order valence-electron chi connectivity index (χ4n) is 2.00. The fraction of sp³-hybridized carbons (Fsp3) is 0.462. The van der Waals surface area contributed by atoms with Crippen molar-refractivity contribution in [2.45, 2.75) is 32.7 Å². The zero-order valence-electron chi connectivity index (χ0n) is 9.75. The smallest absolute Gasteiger partial charge is 0.179 e. The maximum atomic E-state index is 12.0. The molecule has 1 aliphatic heterocycles. The number of ketones is 1. The van der Waals surface area contributed by atoms with Crippen LogP contribution in [0.1, 0.15) is 34.3 Å². The highest BCUT2D eigenvalue weighted by Crippen LogP contribution is 2.15. The molecule has 1 N–H and O–H groups in total. The number of hydrogen-bond acceptors (Lipinski definition) is 2. The first kappa shape index (κ1) is 13.2. The van der Waals surface area contributed by atoms with Crippen molar-refractivity contribution in [3.8, 4) is 0 Å². The molecule has 0 radical (unpaired) electrons. The van der Waals surface area contributed by atoms with Crippen molar-refractivity contribution in [1.82, 2.24) is 5.32 Å². The van der Waals surface area contributed by atoms with Gasteiger partial charge in [0.15, 0.2) is 5.78 Å². The first-order chi connectivity index (χ1) is 7.18. The van der Waals surface area contributed by atoms with E-state index in [9.17, 15) is 4.79 Å². The number of aryl methyl sites for hydroxylation is 2. The van der Waals surface area contributed by atoms with Crippen LogP contribution in [0.25, 0.3) is 0 Å². The molecule has 1 atom stereocenters. The van der Waals surface area contributed by atoms with E-state index in [-0.39, 0.29) is 24.2 Å². The Morgan fingerprint density at radius 1 is 1.31 bits per heavy atom. The highest BCUT2D eigenvalue weighted by atomic mass is 35.5. The van der Waals surface area contributed by atoms with E-state index in [1.807, 2.05) is 25.1 Å². The third kappa shape index (κ3) is 2.63. The lowest BCUT2D eigenvalue weighted by molar-refractivity contribution is 0.0952. The Hall–Kier alpha value is -0.860. The van der Waals surface area contributed by atoms with Gasteiger partial charge >= 0.3 is 0 Å². The molecule has 16 heavy (non-hydrogen) atoms. The van der Waals surface area contributed by atoms with Crippen molar-refractivity contribution in [1.29, 1.82) is 0 Å². The molecule has 1 fully saturated rings. The molecule has 0 aliphatic carbocycles. The van der Waals surface area contributed by atoms with E-state index in [0.29, 0.717) is 0 Å². The molecule has 1 aromatic carbocycles. The SMILES string of the molecule is Cc1ccc(C(=O)C2CCCN2)cc1C.Cl. The molecule has 0 saturated carbocycles. The number of hydrogen-bond donors (Lipinski definition) is 1. The van der Waals surface area contributed by atoms with Crippen LogP contribution < -0.4 is 5.32 Å². The van der Waals surface area contributed by atoms with Gasteiger partial charge in [0, 0.05) is 5.56 Å². The molecule has 1 heterocycles. The monoisotopic (exact) mass is 239 g/mol. The number of halogens is 1. The van der Waals surface area contributed by atoms with Gasteiger partial charge < -0.3 is 5.32 Å². The Morgan fingerprint density at radius 3 is 2.62 bits per heavy atom. The summed E-state index contributed by atoms with van der Waals surface area (Å²) in [6, 6.07) is 6.01.